The first-order chi connectivity index (χ1) is 15.1. The highest BCUT2D eigenvalue weighted by molar-refractivity contribution is 5.86. The zero-order chi connectivity index (χ0) is 21.4. The topological polar surface area (TPSA) is 110 Å². The maximum Gasteiger partial charge on any atom is 0.225 e. The Bertz CT molecular complexity index is 1280. The molecule has 0 atom stereocenters. The SMILES string of the molecule is Cn1ncc2cc(-c3cnc(N4CCC(N)CC4)nc3-c3ccc(C#N)cc3)ncc21. The van der Waals surface area contributed by atoms with Gasteiger partial charge in [0.15, 0.2) is 0 Å². The number of piperidine rings is 1. The quantitative estimate of drug-likeness (QED) is 0.553. The fourth-order valence-corrected chi connectivity index (χ4v) is 3.93. The van der Waals surface area contributed by atoms with Gasteiger partial charge in [0.25, 0.3) is 0 Å². The highest BCUT2D eigenvalue weighted by Gasteiger charge is 2.21. The summed E-state index contributed by atoms with van der Waals surface area (Å²) in [6.07, 6.45) is 7.34. The number of nitrogens with zero attached hydrogens (tertiary/aromatic N) is 7. The predicted octanol–water partition coefficient (Wildman–Crippen LogP) is 2.89. The molecule has 4 heterocycles. The molecule has 154 valence electrons. The van der Waals surface area contributed by atoms with Crippen LogP contribution in [0.2, 0.25) is 0 Å². The van der Waals surface area contributed by atoms with E-state index in [-0.39, 0.29) is 6.04 Å². The van der Waals surface area contributed by atoms with E-state index in [1.807, 2.05) is 43.8 Å². The third kappa shape index (κ3) is 3.60. The summed E-state index contributed by atoms with van der Waals surface area (Å²) in [5.41, 5.74) is 11.0. The molecule has 0 saturated carbocycles. The van der Waals surface area contributed by atoms with Gasteiger partial charge >= 0.3 is 0 Å². The molecule has 0 amide bonds. The van der Waals surface area contributed by atoms with E-state index in [0.717, 1.165) is 59.3 Å². The van der Waals surface area contributed by atoms with Gasteiger partial charge in [-0.15, -0.1) is 0 Å². The first-order valence-electron chi connectivity index (χ1n) is 10.3. The molecule has 2 N–H and O–H groups in total. The highest BCUT2D eigenvalue weighted by atomic mass is 15.3. The van der Waals surface area contributed by atoms with Crippen molar-refractivity contribution in [3.05, 3.63) is 54.5 Å². The number of anilines is 1. The molecule has 8 nitrogen and oxygen atoms in total. The van der Waals surface area contributed by atoms with Crippen LogP contribution < -0.4 is 10.6 Å². The number of hydrogen-bond donors (Lipinski definition) is 1. The summed E-state index contributed by atoms with van der Waals surface area (Å²) < 4.78 is 1.80. The summed E-state index contributed by atoms with van der Waals surface area (Å²) in [6.45, 7) is 1.68. The van der Waals surface area contributed by atoms with Crippen molar-refractivity contribution in [2.24, 2.45) is 12.8 Å². The number of aryl methyl sites for hydroxylation is 1. The number of pyridine rings is 1. The lowest BCUT2D eigenvalue weighted by Crippen LogP contribution is -2.40. The minimum absolute atomic E-state index is 0.240. The highest BCUT2D eigenvalue weighted by Crippen LogP contribution is 2.32. The van der Waals surface area contributed by atoms with E-state index in [9.17, 15) is 0 Å². The van der Waals surface area contributed by atoms with E-state index < -0.39 is 0 Å². The summed E-state index contributed by atoms with van der Waals surface area (Å²) >= 11 is 0. The zero-order valence-electron chi connectivity index (χ0n) is 17.2. The van der Waals surface area contributed by atoms with Crippen LogP contribution in [-0.4, -0.2) is 43.9 Å². The lowest BCUT2D eigenvalue weighted by molar-refractivity contribution is 0.495. The molecule has 4 aromatic rings. The van der Waals surface area contributed by atoms with Crippen LogP contribution in [0.25, 0.3) is 33.4 Å². The van der Waals surface area contributed by atoms with Gasteiger partial charge in [-0.2, -0.15) is 10.4 Å². The Morgan fingerprint density at radius 1 is 1.06 bits per heavy atom. The predicted molar refractivity (Wildman–Crippen MR) is 119 cm³/mol. The number of benzene rings is 1. The average molecular weight is 410 g/mol. The van der Waals surface area contributed by atoms with Crippen molar-refractivity contribution < 1.29 is 0 Å². The van der Waals surface area contributed by atoms with E-state index in [1.54, 1.807) is 16.8 Å². The van der Waals surface area contributed by atoms with Crippen LogP contribution >= 0.6 is 0 Å². The van der Waals surface area contributed by atoms with Crippen LogP contribution in [0.1, 0.15) is 18.4 Å². The summed E-state index contributed by atoms with van der Waals surface area (Å²) in [5, 5.41) is 14.5. The molecule has 1 saturated heterocycles. The standard InChI is InChI=1S/C23H22N8/c1-30-21-14-26-20(10-17(21)12-28-30)19-13-27-23(31-8-6-18(25)7-9-31)29-22(19)16-4-2-15(11-24)3-5-16/h2-5,10,12-14,18H,6-9,25H2,1H3. The van der Waals surface area contributed by atoms with Crippen LogP contribution in [0.15, 0.2) is 48.9 Å². The van der Waals surface area contributed by atoms with Gasteiger partial charge in [0, 0.05) is 48.9 Å². The normalized spacial score (nSPS) is 14.7. The largest absolute Gasteiger partial charge is 0.341 e. The molecule has 0 aliphatic carbocycles. The van der Waals surface area contributed by atoms with Gasteiger partial charge < -0.3 is 10.6 Å². The monoisotopic (exact) mass is 410 g/mol. The Morgan fingerprint density at radius 2 is 1.84 bits per heavy atom. The smallest absolute Gasteiger partial charge is 0.225 e. The molecule has 1 aliphatic rings. The van der Waals surface area contributed by atoms with Gasteiger partial charge in [0.1, 0.15) is 0 Å². The Balaban J connectivity index is 1.62. The molecule has 1 aromatic carbocycles. The number of hydrogen-bond acceptors (Lipinski definition) is 7. The first-order valence-corrected chi connectivity index (χ1v) is 10.3. The van der Waals surface area contributed by atoms with Crippen LogP contribution in [0.3, 0.4) is 0 Å². The van der Waals surface area contributed by atoms with Gasteiger partial charge in [-0.1, -0.05) is 12.1 Å². The Kier molecular flexibility index (Phi) is 4.81. The average Bonchev–Trinajstić information content (AvgIpc) is 3.19. The second-order valence-corrected chi connectivity index (χ2v) is 7.84. The fourth-order valence-electron chi connectivity index (χ4n) is 3.93. The van der Waals surface area contributed by atoms with Crippen molar-refractivity contribution in [2.75, 3.05) is 18.0 Å². The molecule has 0 radical (unpaired) electrons. The maximum atomic E-state index is 9.16. The fraction of sp³-hybridized carbons (Fsp3) is 0.261. The van der Waals surface area contributed by atoms with Gasteiger partial charge in [0.05, 0.1) is 40.9 Å². The number of fused-ring (bicyclic) bond motifs is 1. The van der Waals surface area contributed by atoms with E-state index in [0.29, 0.717) is 11.5 Å². The third-order valence-electron chi connectivity index (χ3n) is 5.79. The number of nitrogens with two attached hydrogens (primary N) is 1. The Hall–Kier alpha value is -3.83. The van der Waals surface area contributed by atoms with Gasteiger partial charge in [0.2, 0.25) is 5.95 Å². The molecule has 3 aromatic heterocycles. The Morgan fingerprint density at radius 3 is 2.58 bits per heavy atom. The second-order valence-electron chi connectivity index (χ2n) is 7.84. The van der Waals surface area contributed by atoms with Crippen molar-refractivity contribution in [3.8, 4) is 28.6 Å². The molecule has 0 unspecified atom stereocenters. The van der Waals surface area contributed by atoms with E-state index in [4.69, 9.17) is 16.0 Å². The molecule has 8 heteroatoms. The molecule has 0 bridgehead atoms. The molecular weight excluding hydrogens is 388 g/mol. The van der Waals surface area contributed by atoms with Crippen molar-refractivity contribution in [3.63, 3.8) is 0 Å². The maximum absolute atomic E-state index is 9.16. The second kappa shape index (κ2) is 7.78. The van der Waals surface area contributed by atoms with Crippen LogP contribution in [0.4, 0.5) is 5.95 Å². The van der Waals surface area contributed by atoms with Crippen LogP contribution in [0.5, 0.6) is 0 Å². The summed E-state index contributed by atoms with van der Waals surface area (Å²) in [7, 11) is 1.90. The molecule has 0 spiro atoms. The summed E-state index contributed by atoms with van der Waals surface area (Å²) in [6, 6.07) is 11.9. The molecule has 5 rings (SSSR count). The molecular formula is C23H22N8. The van der Waals surface area contributed by atoms with Gasteiger partial charge in [-0.25, -0.2) is 9.97 Å². The number of nitriles is 1. The van der Waals surface area contributed by atoms with E-state index in [1.165, 1.54) is 0 Å². The van der Waals surface area contributed by atoms with Gasteiger partial charge in [-0.3, -0.25) is 9.67 Å². The third-order valence-corrected chi connectivity index (χ3v) is 5.79. The van der Waals surface area contributed by atoms with E-state index in [2.05, 4.69) is 26.0 Å². The number of aromatic nitrogens is 5. The molecule has 1 fully saturated rings. The summed E-state index contributed by atoms with van der Waals surface area (Å²) in [4.78, 5) is 16.4. The number of rotatable bonds is 3. The van der Waals surface area contributed by atoms with Crippen molar-refractivity contribution >= 4 is 16.9 Å². The lowest BCUT2D eigenvalue weighted by Gasteiger charge is -2.30. The van der Waals surface area contributed by atoms with Crippen molar-refractivity contribution in [1.82, 2.24) is 24.7 Å². The lowest BCUT2D eigenvalue weighted by atomic mass is 10.0. The van der Waals surface area contributed by atoms with Crippen molar-refractivity contribution in [2.45, 2.75) is 18.9 Å². The minimum Gasteiger partial charge on any atom is -0.341 e. The minimum atomic E-state index is 0.240. The van der Waals surface area contributed by atoms with E-state index >= 15 is 0 Å². The zero-order valence-corrected chi connectivity index (χ0v) is 17.2. The molecule has 31 heavy (non-hydrogen) atoms. The van der Waals surface area contributed by atoms with Crippen molar-refractivity contribution in [1.29, 1.82) is 5.26 Å². The molecule has 1 aliphatic heterocycles. The van der Waals surface area contributed by atoms with Crippen LogP contribution in [-0.2, 0) is 7.05 Å². The van der Waals surface area contributed by atoms with Crippen LogP contribution in [0, 0.1) is 11.3 Å². The summed E-state index contributed by atoms with van der Waals surface area (Å²) in [5.74, 6) is 0.692. The first kappa shape index (κ1) is 19.2. The Labute approximate surface area is 180 Å². The van der Waals surface area contributed by atoms with Gasteiger partial charge in [-0.05, 0) is 31.0 Å².